The molecule has 4 rings (SSSR count). The molecule has 0 saturated carbocycles. The first-order chi connectivity index (χ1) is 14.1. The van der Waals surface area contributed by atoms with Gasteiger partial charge < -0.3 is 14.5 Å². The number of ether oxygens (including phenoxy) is 1. The Morgan fingerprint density at radius 3 is 2.62 bits per heavy atom. The molecule has 0 aliphatic carbocycles. The molecule has 8 heteroatoms. The standard InChI is InChI=1S/C21H21N3O3S2/c1-27-16-5-2-4-15(12-16)13-19(25)23-7-9-24(10-8-23)21(26)18-14-22-20(29-18)17-6-3-11-28-17/h2-6,11-12,14H,7-10,13H2,1H3. The van der Waals surface area contributed by atoms with E-state index in [0.717, 1.165) is 21.2 Å². The predicted octanol–water partition coefficient (Wildman–Crippen LogP) is 3.41. The summed E-state index contributed by atoms with van der Waals surface area (Å²) in [5, 5.41) is 2.87. The van der Waals surface area contributed by atoms with E-state index in [0.29, 0.717) is 37.5 Å². The maximum Gasteiger partial charge on any atom is 0.265 e. The third-order valence-electron chi connectivity index (χ3n) is 4.86. The molecular weight excluding hydrogens is 406 g/mol. The number of benzene rings is 1. The van der Waals surface area contributed by atoms with Crippen LogP contribution in [0.3, 0.4) is 0 Å². The minimum absolute atomic E-state index is 0.00907. The van der Waals surface area contributed by atoms with Crippen LogP contribution >= 0.6 is 22.7 Å². The van der Waals surface area contributed by atoms with Crippen molar-refractivity contribution in [2.75, 3.05) is 33.3 Å². The SMILES string of the molecule is COc1cccc(CC(=O)N2CCN(C(=O)c3cnc(-c4cccs4)s3)CC2)c1. The van der Waals surface area contributed by atoms with Crippen molar-refractivity contribution in [3.63, 3.8) is 0 Å². The normalized spacial score (nSPS) is 14.1. The molecule has 3 heterocycles. The molecule has 150 valence electrons. The van der Waals surface area contributed by atoms with Crippen molar-refractivity contribution < 1.29 is 14.3 Å². The Kier molecular flexibility index (Phi) is 5.92. The van der Waals surface area contributed by atoms with Gasteiger partial charge in [0.1, 0.15) is 15.6 Å². The number of methoxy groups -OCH3 is 1. The van der Waals surface area contributed by atoms with E-state index in [1.54, 1.807) is 29.5 Å². The van der Waals surface area contributed by atoms with E-state index in [-0.39, 0.29) is 11.8 Å². The molecule has 3 aromatic rings. The lowest BCUT2D eigenvalue weighted by Gasteiger charge is -2.34. The number of thiophene rings is 1. The summed E-state index contributed by atoms with van der Waals surface area (Å²) in [6, 6.07) is 11.5. The smallest absolute Gasteiger partial charge is 0.265 e. The monoisotopic (exact) mass is 427 g/mol. The number of aromatic nitrogens is 1. The summed E-state index contributed by atoms with van der Waals surface area (Å²) in [6.45, 7) is 2.17. The summed E-state index contributed by atoms with van der Waals surface area (Å²) in [6.07, 6.45) is 1.99. The minimum atomic E-state index is -0.00907. The number of amides is 2. The Morgan fingerprint density at radius 1 is 1.10 bits per heavy atom. The van der Waals surface area contributed by atoms with Crippen LogP contribution in [0.25, 0.3) is 9.88 Å². The number of thiazole rings is 1. The third-order valence-corrected chi connectivity index (χ3v) is 6.88. The number of hydrogen-bond donors (Lipinski definition) is 0. The van der Waals surface area contributed by atoms with E-state index >= 15 is 0 Å². The van der Waals surface area contributed by atoms with Gasteiger partial charge in [-0.15, -0.1) is 22.7 Å². The molecule has 0 N–H and O–H groups in total. The largest absolute Gasteiger partial charge is 0.497 e. The van der Waals surface area contributed by atoms with Crippen molar-refractivity contribution in [1.82, 2.24) is 14.8 Å². The van der Waals surface area contributed by atoms with E-state index in [1.807, 2.05) is 46.7 Å². The fraction of sp³-hybridized carbons (Fsp3) is 0.286. The highest BCUT2D eigenvalue weighted by atomic mass is 32.1. The van der Waals surface area contributed by atoms with Crippen molar-refractivity contribution in [2.24, 2.45) is 0 Å². The molecule has 0 spiro atoms. The first-order valence-electron chi connectivity index (χ1n) is 9.34. The minimum Gasteiger partial charge on any atom is -0.497 e. The average Bonchev–Trinajstić information content (AvgIpc) is 3.45. The molecule has 1 fully saturated rings. The predicted molar refractivity (Wildman–Crippen MR) is 115 cm³/mol. The number of carbonyl (C=O) groups is 2. The van der Waals surface area contributed by atoms with Crippen LogP contribution in [0.15, 0.2) is 48.0 Å². The zero-order valence-electron chi connectivity index (χ0n) is 16.0. The summed E-state index contributed by atoms with van der Waals surface area (Å²) in [7, 11) is 1.61. The quantitative estimate of drug-likeness (QED) is 0.626. The summed E-state index contributed by atoms with van der Waals surface area (Å²) in [4.78, 5) is 35.2. The second kappa shape index (κ2) is 8.75. The summed E-state index contributed by atoms with van der Waals surface area (Å²) >= 11 is 3.03. The van der Waals surface area contributed by atoms with Gasteiger partial charge in [0.15, 0.2) is 0 Å². The molecule has 0 bridgehead atoms. The van der Waals surface area contributed by atoms with Crippen LogP contribution in [0, 0.1) is 0 Å². The van der Waals surface area contributed by atoms with Crippen LogP contribution in [0.1, 0.15) is 15.2 Å². The van der Waals surface area contributed by atoms with Crippen LogP contribution in [0.2, 0.25) is 0 Å². The maximum absolute atomic E-state index is 12.8. The zero-order chi connectivity index (χ0) is 20.2. The lowest BCUT2D eigenvalue weighted by atomic mass is 10.1. The Hall–Kier alpha value is -2.71. The number of nitrogens with zero attached hydrogens (tertiary/aromatic N) is 3. The van der Waals surface area contributed by atoms with Gasteiger partial charge in [-0.1, -0.05) is 18.2 Å². The van der Waals surface area contributed by atoms with Crippen molar-refractivity contribution >= 4 is 34.5 Å². The van der Waals surface area contributed by atoms with Gasteiger partial charge in [-0.2, -0.15) is 0 Å². The molecule has 0 unspecified atom stereocenters. The highest BCUT2D eigenvalue weighted by molar-refractivity contribution is 7.21. The number of carbonyl (C=O) groups excluding carboxylic acids is 2. The average molecular weight is 428 g/mol. The highest BCUT2D eigenvalue weighted by Crippen LogP contribution is 2.29. The Morgan fingerprint density at radius 2 is 1.90 bits per heavy atom. The summed E-state index contributed by atoms with van der Waals surface area (Å²) in [5.74, 6) is 0.811. The van der Waals surface area contributed by atoms with Gasteiger partial charge in [0, 0.05) is 26.2 Å². The Bertz CT molecular complexity index is 992. The highest BCUT2D eigenvalue weighted by Gasteiger charge is 2.26. The van der Waals surface area contributed by atoms with Gasteiger partial charge in [-0.3, -0.25) is 9.59 Å². The second-order valence-electron chi connectivity index (χ2n) is 6.71. The van der Waals surface area contributed by atoms with E-state index in [4.69, 9.17) is 4.74 Å². The van der Waals surface area contributed by atoms with Gasteiger partial charge in [-0.25, -0.2) is 4.98 Å². The van der Waals surface area contributed by atoms with E-state index in [9.17, 15) is 9.59 Å². The van der Waals surface area contributed by atoms with E-state index < -0.39 is 0 Å². The molecular formula is C21H21N3O3S2. The van der Waals surface area contributed by atoms with Crippen molar-refractivity contribution in [2.45, 2.75) is 6.42 Å². The van der Waals surface area contributed by atoms with E-state index in [1.165, 1.54) is 11.3 Å². The second-order valence-corrected chi connectivity index (χ2v) is 8.69. The summed E-state index contributed by atoms with van der Waals surface area (Å²) in [5.41, 5.74) is 0.929. The lowest BCUT2D eigenvalue weighted by molar-refractivity contribution is -0.131. The maximum atomic E-state index is 12.8. The first-order valence-corrected chi connectivity index (χ1v) is 11.0. The van der Waals surface area contributed by atoms with Crippen LogP contribution < -0.4 is 4.74 Å². The van der Waals surface area contributed by atoms with Crippen molar-refractivity contribution in [3.05, 3.63) is 58.4 Å². The first kappa shape index (κ1) is 19.6. The molecule has 0 atom stereocenters. The van der Waals surface area contributed by atoms with Gasteiger partial charge in [0.05, 0.1) is 24.6 Å². The van der Waals surface area contributed by atoms with Crippen LogP contribution in [0.5, 0.6) is 5.75 Å². The van der Waals surface area contributed by atoms with Crippen molar-refractivity contribution in [3.8, 4) is 15.6 Å². The summed E-state index contributed by atoms with van der Waals surface area (Å²) < 4.78 is 5.22. The van der Waals surface area contributed by atoms with Crippen LogP contribution in [-0.2, 0) is 11.2 Å². The van der Waals surface area contributed by atoms with Gasteiger partial charge in [-0.05, 0) is 29.1 Å². The Balaban J connectivity index is 1.33. The molecule has 2 amide bonds. The van der Waals surface area contributed by atoms with Gasteiger partial charge in [0.2, 0.25) is 5.91 Å². The number of piperazine rings is 1. The van der Waals surface area contributed by atoms with Gasteiger partial charge in [0.25, 0.3) is 5.91 Å². The third kappa shape index (κ3) is 4.49. The molecule has 29 heavy (non-hydrogen) atoms. The fourth-order valence-corrected chi connectivity index (χ4v) is 4.96. The lowest BCUT2D eigenvalue weighted by Crippen LogP contribution is -2.50. The topological polar surface area (TPSA) is 62.7 Å². The molecule has 1 aliphatic rings. The molecule has 6 nitrogen and oxygen atoms in total. The number of rotatable bonds is 5. The van der Waals surface area contributed by atoms with Crippen molar-refractivity contribution in [1.29, 1.82) is 0 Å². The molecule has 2 aromatic heterocycles. The van der Waals surface area contributed by atoms with Crippen LogP contribution in [0.4, 0.5) is 0 Å². The van der Waals surface area contributed by atoms with Gasteiger partial charge >= 0.3 is 0 Å². The van der Waals surface area contributed by atoms with E-state index in [2.05, 4.69) is 4.98 Å². The Labute approximate surface area is 177 Å². The molecule has 0 radical (unpaired) electrons. The molecule has 1 aromatic carbocycles. The fourth-order valence-electron chi connectivity index (χ4n) is 3.27. The zero-order valence-corrected chi connectivity index (χ0v) is 17.7. The molecule has 1 saturated heterocycles. The van der Waals surface area contributed by atoms with Crippen LogP contribution in [-0.4, -0.2) is 59.9 Å². The molecule has 1 aliphatic heterocycles. The number of hydrogen-bond acceptors (Lipinski definition) is 6.